The van der Waals surface area contributed by atoms with Gasteiger partial charge in [0.2, 0.25) is 5.91 Å². The fraction of sp³-hybridized carbons (Fsp3) is 0.357. The number of nitrogens with one attached hydrogen (secondary N) is 1. The summed E-state index contributed by atoms with van der Waals surface area (Å²) < 4.78 is 1.02. The zero-order valence-electron chi connectivity index (χ0n) is 10.0. The van der Waals surface area contributed by atoms with E-state index < -0.39 is 0 Å². The van der Waals surface area contributed by atoms with E-state index in [4.69, 9.17) is 5.11 Å². The molecule has 0 spiro atoms. The zero-order valence-corrected chi connectivity index (χ0v) is 11.6. The number of aliphatic hydroxyl groups is 1. The fourth-order valence-electron chi connectivity index (χ4n) is 1.65. The largest absolute Gasteiger partial charge is 0.396 e. The molecule has 0 atom stereocenters. The topological polar surface area (TPSA) is 49.3 Å². The van der Waals surface area contributed by atoms with Crippen LogP contribution in [-0.4, -0.2) is 24.2 Å². The molecule has 1 aliphatic rings. The maximum atomic E-state index is 11.6. The maximum Gasteiger partial charge on any atom is 0.244 e. The minimum atomic E-state index is -0.113. The first kappa shape index (κ1) is 13.3. The second kappa shape index (κ2) is 5.67. The molecule has 2 N–H and O–H groups in total. The normalized spacial score (nSPS) is 16.8. The third kappa shape index (κ3) is 3.68. The lowest BCUT2D eigenvalue weighted by molar-refractivity contribution is -0.116. The van der Waals surface area contributed by atoms with Gasteiger partial charge in [0.05, 0.1) is 6.61 Å². The molecule has 1 aromatic carbocycles. The van der Waals surface area contributed by atoms with Crippen molar-refractivity contribution in [2.75, 3.05) is 13.2 Å². The Balaban J connectivity index is 1.81. The van der Waals surface area contributed by atoms with E-state index in [0.29, 0.717) is 6.54 Å². The molecular formula is C14H16BrNO2. The Hall–Kier alpha value is -1.13. The van der Waals surface area contributed by atoms with Gasteiger partial charge in [0.15, 0.2) is 0 Å². The van der Waals surface area contributed by atoms with Crippen molar-refractivity contribution >= 4 is 27.9 Å². The molecule has 0 radical (unpaired) electrons. The van der Waals surface area contributed by atoms with Crippen LogP contribution in [0.5, 0.6) is 0 Å². The number of aliphatic hydroxyl groups excluding tert-OH is 1. The highest BCUT2D eigenvalue weighted by Crippen LogP contribution is 2.44. The Morgan fingerprint density at radius 1 is 1.39 bits per heavy atom. The summed E-state index contributed by atoms with van der Waals surface area (Å²) in [5.41, 5.74) is 0.942. The van der Waals surface area contributed by atoms with E-state index >= 15 is 0 Å². The van der Waals surface area contributed by atoms with Gasteiger partial charge in [-0.1, -0.05) is 28.1 Å². The summed E-state index contributed by atoms with van der Waals surface area (Å²) in [7, 11) is 0. The maximum absolute atomic E-state index is 11.6. The summed E-state index contributed by atoms with van der Waals surface area (Å²) in [4.78, 5) is 11.6. The second-order valence-corrected chi connectivity index (χ2v) is 5.68. The van der Waals surface area contributed by atoms with Crippen molar-refractivity contribution < 1.29 is 9.90 Å². The number of carbonyl (C=O) groups is 1. The van der Waals surface area contributed by atoms with Crippen LogP contribution in [0.25, 0.3) is 6.08 Å². The number of hydrogen-bond donors (Lipinski definition) is 2. The van der Waals surface area contributed by atoms with Crippen molar-refractivity contribution in [2.24, 2.45) is 5.41 Å². The summed E-state index contributed by atoms with van der Waals surface area (Å²) in [6.45, 7) is 0.719. The number of rotatable bonds is 5. The van der Waals surface area contributed by atoms with Gasteiger partial charge in [-0.05, 0) is 36.6 Å². The van der Waals surface area contributed by atoms with Crippen LogP contribution in [0, 0.1) is 5.41 Å². The fourth-order valence-corrected chi connectivity index (χ4v) is 1.91. The number of benzene rings is 1. The number of hydrogen-bond acceptors (Lipinski definition) is 2. The first-order chi connectivity index (χ1) is 8.63. The van der Waals surface area contributed by atoms with Crippen molar-refractivity contribution in [3.05, 3.63) is 40.4 Å². The van der Waals surface area contributed by atoms with Crippen molar-refractivity contribution in [1.29, 1.82) is 0 Å². The molecule has 4 heteroatoms. The third-order valence-electron chi connectivity index (χ3n) is 3.23. The van der Waals surface area contributed by atoms with E-state index in [1.807, 2.05) is 24.3 Å². The van der Waals surface area contributed by atoms with Crippen LogP contribution in [0.15, 0.2) is 34.8 Å². The first-order valence-electron chi connectivity index (χ1n) is 5.96. The molecule has 1 aromatic rings. The van der Waals surface area contributed by atoms with Crippen LogP contribution in [-0.2, 0) is 4.79 Å². The molecule has 0 unspecified atom stereocenters. The summed E-state index contributed by atoms with van der Waals surface area (Å²) in [5, 5.41) is 12.0. The summed E-state index contributed by atoms with van der Waals surface area (Å²) in [6, 6.07) is 7.74. The quantitative estimate of drug-likeness (QED) is 0.820. The second-order valence-electron chi connectivity index (χ2n) is 4.76. The Kier molecular flexibility index (Phi) is 4.19. The van der Waals surface area contributed by atoms with E-state index in [2.05, 4.69) is 21.2 Å². The molecule has 0 bridgehead atoms. The predicted molar refractivity (Wildman–Crippen MR) is 74.9 cm³/mol. The van der Waals surface area contributed by atoms with Crippen molar-refractivity contribution in [3.8, 4) is 0 Å². The third-order valence-corrected chi connectivity index (χ3v) is 3.76. The summed E-state index contributed by atoms with van der Waals surface area (Å²) in [5.74, 6) is -0.113. The van der Waals surface area contributed by atoms with E-state index in [1.54, 1.807) is 6.08 Å². The minimum absolute atomic E-state index is 0.0406. The SMILES string of the molecule is O=C(/C=C/c1ccc(Br)cc1)NCC1(CO)CC1. The van der Waals surface area contributed by atoms with Gasteiger partial charge in [-0.3, -0.25) is 4.79 Å². The molecule has 1 saturated carbocycles. The van der Waals surface area contributed by atoms with Crippen molar-refractivity contribution in [3.63, 3.8) is 0 Å². The molecule has 0 aromatic heterocycles. The molecule has 3 nitrogen and oxygen atoms in total. The first-order valence-corrected chi connectivity index (χ1v) is 6.75. The Morgan fingerprint density at radius 3 is 2.61 bits per heavy atom. The molecule has 0 saturated heterocycles. The lowest BCUT2D eigenvalue weighted by atomic mass is 10.1. The Morgan fingerprint density at radius 2 is 2.06 bits per heavy atom. The summed E-state index contributed by atoms with van der Waals surface area (Å²) in [6.07, 6.45) is 5.30. The molecule has 18 heavy (non-hydrogen) atoms. The number of carbonyl (C=O) groups excluding carboxylic acids is 1. The highest BCUT2D eigenvalue weighted by atomic mass is 79.9. The molecule has 0 heterocycles. The average Bonchev–Trinajstić information content (AvgIpc) is 3.16. The average molecular weight is 310 g/mol. The molecule has 96 valence electrons. The molecule has 0 aliphatic heterocycles. The van der Waals surface area contributed by atoms with Gasteiger partial charge in [-0.15, -0.1) is 0 Å². The molecular weight excluding hydrogens is 294 g/mol. The van der Waals surface area contributed by atoms with Gasteiger partial charge >= 0.3 is 0 Å². The van der Waals surface area contributed by atoms with E-state index in [-0.39, 0.29) is 17.9 Å². The van der Waals surface area contributed by atoms with Gasteiger partial charge in [0, 0.05) is 22.5 Å². The van der Waals surface area contributed by atoms with Crippen LogP contribution in [0.1, 0.15) is 18.4 Å². The number of amides is 1. The molecule has 1 amide bonds. The van der Waals surface area contributed by atoms with Crippen LogP contribution in [0.3, 0.4) is 0 Å². The van der Waals surface area contributed by atoms with Crippen LogP contribution < -0.4 is 5.32 Å². The van der Waals surface area contributed by atoms with Crippen LogP contribution in [0.2, 0.25) is 0 Å². The minimum Gasteiger partial charge on any atom is -0.396 e. The van der Waals surface area contributed by atoms with Crippen LogP contribution >= 0.6 is 15.9 Å². The molecule has 1 aliphatic carbocycles. The molecule has 2 rings (SSSR count). The van der Waals surface area contributed by atoms with Gasteiger partial charge in [0.1, 0.15) is 0 Å². The van der Waals surface area contributed by atoms with Gasteiger partial charge in [-0.2, -0.15) is 0 Å². The van der Waals surface area contributed by atoms with Crippen molar-refractivity contribution in [1.82, 2.24) is 5.32 Å². The monoisotopic (exact) mass is 309 g/mol. The number of halogens is 1. The van der Waals surface area contributed by atoms with Crippen LogP contribution in [0.4, 0.5) is 0 Å². The lowest BCUT2D eigenvalue weighted by Gasteiger charge is -2.10. The standard InChI is InChI=1S/C14H16BrNO2/c15-12-4-1-11(2-5-12)3-6-13(18)16-9-14(10-17)7-8-14/h1-6,17H,7-10H2,(H,16,18)/b6-3+. The Labute approximate surface area is 115 Å². The Bertz CT molecular complexity index is 449. The summed E-state index contributed by atoms with van der Waals surface area (Å²) >= 11 is 3.36. The highest BCUT2D eigenvalue weighted by molar-refractivity contribution is 9.10. The van der Waals surface area contributed by atoms with Crippen molar-refractivity contribution in [2.45, 2.75) is 12.8 Å². The van der Waals surface area contributed by atoms with Gasteiger partial charge in [0.25, 0.3) is 0 Å². The van der Waals surface area contributed by atoms with E-state index in [9.17, 15) is 4.79 Å². The van der Waals surface area contributed by atoms with Gasteiger partial charge in [-0.25, -0.2) is 0 Å². The smallest absolute Gasteiger partial charge is 0.244 e. The zero-order chi connectivity index (χ0) is 13.0. The highest BCUT2D eigenvalue weighted by Gasteiger charge is 2.41. The van der Waals surface area contributed by atoms with E-state index in [0.717, 1.165) is 22.9 Å². The van der Waals surface area contributed by atoms with Gasteiger partial charge < -0.3 is 10.4 Å². The lowest BCUT2D eigenvalue weighted by Crippen LogP contribution is -2.30. The molecule has 1 fully saturated rings. The predicted octanol–water partition coefficient (Wildman–Crippen LogP) is 2.35. The van der Waals surface area contributed by atoms with E-state index in [1.165, 1.54) is 6.08 Å².